The highest BCUT2D eigenvalue weighted by molar-refractivity contribution is 5.95. The summed E-state index contributed by atoms with van der Waals surface area (Å²) in [7, 11) is 0. The molecule has 0 aliphatic heterocycles. The first-order valence-electron chi connectivity index (χ1n) is 9.61. The predicted octanol–water partition coefficient (Wildman–Crippen LogP) is 0.883. The van der Waals surface area contributed by atoms with E-state index in [2.05, 4.69) is 20.9 Å². The smallest absolute Gasteiger partial charge is 0.321 e. The third kappa shape index (κ3) is 5.84. The summed E-state index contributed by atoms with van der Waals surface area (Å²) in [5, 5.41) is 13.0. The number of ether oxygens (including phenoxy) is 1. The van der Waals surface area contributed by atoms with Crippen molar-refractivity contribution in [2.45, 2.75) is 51.1 Å². The number of esters is 1. The van der Waals surface area contributed by atoms with Gasteiger partial charge in [0.15, 0.2) is 6.61 Å². The van der Waals surface area contributed by atoms with Crippen molar-refractivity contribution in [3.8, 4) is 0 Å². The number of benzene rings is 1. The molecule has 10 nitrogen and oxygen atoms in total. The first-order chi connectivity index (χ1) is 14.0. The van der Waals surface area contributed by atoms with Crippen LogP contribution in [0.15, 0.2) is 29.1 Å². The fourth-order valence-electron chi connectivity index (χ4n) is 3.22. The molecule has 1 heterocycles. The molecule has 29 heavy (non-hydrogen) atoms. The zero-order chi connectivity index (χ0) is 20.6. The summed E-state index contributed by atoms with van der Waals surface area (Å²) in [5.41, 5.74) is 0.111. The lowest BCUT2D eigenvalue weighted by atomic mass is 9.96. The second-order valence-electron chi connectivity index (χ2n) is 6.90. The number of urea groups is 1. The van der Waals surface area contributed by atoms with Gasteiger partial charge in [-0.25, -0.2) is 9.48 Å². The molecule has 2 N–H and O–H groups in total. The van der Waals surface area contributed by atoms with Crippen molar-refractivity contribution in [3.63, 3.8) is 0 Å². The van der Waals surface area contributed by atoms with Crippen LogP contribution in [-0.4, -0.2) is 45.6 Å². The van der Waals surface area contributed by atoms with Crippen LogP contribution in [0.1, 0.15) is 38.5 Å². The summed E-state index contributed by atoms with van der Waals surface area (Å²) in [6.07, 6.45) is 4.91. The SMILES string of the molecule is O=C(COC(=O)CCn1nnc2ccccc2c1=O)NC(=O)NC1CCCCC1. The maximum atomic E-state index is 12.3. The van der Waals surface area contributed by atoms with Crippen molar-refractivity contribution in [1.29, 1.82) is 0 Å². The van der Waals surface area contributed by atoms with Gasteiger partial charge in [-0.3, -0.25) is 19.7 Å². The normalized spacial score (nSPS) is 14.3. The minimum atomic E-state index is -0.714. The van der Waals surface area contributed by atoms with Crippen LogP contribution in [0.5, 0.6) is 0 Å². The Morgan fingerprint density at radius 1 is 1.14 bits per heavy atom. The molecule has 1 aliphatic carbocycles. The third-order valence-electron chi connectivity index (χ3n) is 4.71. The van der Waals surface area contributed by atoms with E-state index < -0.39 is 24.5 Å². The Labute approximate surface area is 166 Å². The number of amides is 3. The number of hydrogen-bond donors (Lipinski definition) is 2. The average Bonchev–Trinajstić information content (AvgIpc) is 2.72. The lowest BCUT2D eigenvalue weighted by Crippen LogP contribution is -2.46. The van der Waals surface area contributed by atoms with E-state index in [0.29, 0.717) is 10.9 Å². The molecule has 3 amide bonds. The fraction of sp³-hybridized carbons (Fsp3) is 0.474. The van der Waals surface area contributed by atoms with Crippen molar-refractivity contribution in [2.75, 3.05) is 6.61 Å². The monoisotopic (exact) mass is 401 g/mol. The summed E-state index contributed by atoms with van der Waals surface area (Å²) in [6.45, 7) is -0.603. The predicted molar refractivity (Wildman–Crippen MR) is 103 cm³/mol. The zero-order valence-corrected chi connectivity index (χ0v) is 15.9. The first-order valence-corrected chi connectivity index (χ1v) is 9.61. The van der Waals surface area contributed by atoms with Crippen LogP contribution in [0.25, 0.3) is 10.9 Å². The Morgan fingerprint density at radius 3 is 2.69 bits per heavy atom. The Kier molecular flexibility index (Phi) is 6.88. The van der Waals surface area contributed by atoms with Gasteiger partial charge in [0, 0.05) is 6.04 Å². The molecular weight excluding hydrogens is 378 g/mol. The van der Waals surface area contributed by atoms with E-state index in [-0.39, 0.29) is 24.6 Å². The van der Waals surface area contributed by atoms with Crippen LogP contribution in [0.4, 0.5) is 4.79 Å². The molecule has 0 spiro atoms. The van der Waals surface area contributed by atoms with Gasteiger partial charge < -0.3 is 10.1 Å². The molecule has 10 heteroatoms. The van der Waals surface area contributed by atoms with Crippen LogP contribution in [-0.2, 0) is 20.9 Å². The molecule has 1 aromatic carbocycles. The minimum absolute atomic E-state index is 0.0285. The van der Waals surface area contributed by atoms with Gasteiger partial charge in [0.1, 0.15) is 5.52 Å². The number of fused-ring (bicyclic) bond motifs is 1. The highest BCUT2D eigenvalue weighted by Crippen LogP contribution is 2.17. The average molecular weight is 401 g/mol. The highest BCUT2D eigenvalue weighted by Gasteiger charge is 2.17. The van der Waals surface area contributed by atoms with Crippen LogP contribution >= 0.6 is 0 Å². The summed E-state index contributed by atoms with van der Waals surface area (Å²) in [4.78, 5) is 47.7. The van der Waals surface area contributed by atoms with Gasteiger partial charge in [0.2, 0.25) is 0 Å². The Bertz CT molecular complexity index is 951. The Hall–Kier alpha value is -3.30. The first kappa shape index (κ1) is 20.4. The molecule has 3 rings (SSSR count). The van der Waals surface area contributed by atoms with Crippen molar-refractivity contribution in [1.82, 2.24) is 25.6 Å². The third-order valence-corrected chi connectivity index (χ3v) is 4.71. The van der Waals surface area contributed by atoms with E-state index in [4.69, 9.17) is 4.74 Å². The number of aromatic nitrogens is 3. The molecule has 2 aromatic rings. The van der Waals surface area contributed by atoms with Gasteiger partial charge in [-0.05, 0) is 25.0 Å². The fourth-order valence-corrected chi connectivity index (χ4v) is 3.22. The van der Waals surface area contributed by atoms with Crippen molar-refractivity contribution < 1.29 is 19.1 Å². The van der Waals surface area contributed by atoms with Crippen LogP contribution in [0.3, 0.4) is 0 Å². The van der Waals surface area contributed by atoms with Crippen LogP contribution < -0.4 is 16.2 Å². The molecule has 0 atom stereocenters. The van der Waals surface area contributed by atoms with Gasteiger partial charge >= 0.3 is 12.0 Å². The summed E-state index contributed by atoms with van der Waals surface area (Å²) in [6, 6.07) is 6.25. The second kappa shape index (κ2) is 9.76. The molecule has 1 aliphatic rings. The molecule has 0 unspecified atom stereocenters. The van der Waals surface area contributed by atoms with E-state index >= 15 is 0 Å². The molecule has 0 radical (unpaired) electrons. The number of imide groups is 1. The number of carbonyl (C=O) groups excluding carboxylic acids is 3. The lowest BCUT2D eigenvalue weighted by molar-refractivity contribution is -0.148. The molecule has 0 saturated heterocycles. The number of nitrogens with one attached hydrogen (secondary N) is 2. The quantitative estimate of drug-likeness (QED) is 0.687. The van der Waals surface area contributed by atoms with Crippen molar-refractivity contribution in [3.05, 3.63) is 34.6 Å². The molecular formula is C19H23N5O5. The number of aryl methyl sites for hydroxylation is 1. The molecule has 1 saturated carbocycles. The lowest BCUT2D eigenvalue weighted by Gasteiger charge is -2.22. The topological polar surface area (TPSA) is 132 Å². The van der Waals surface area contributed by atoms with Crippen LogP contribution in [0.2, 0.25) is 0 Å². The van der Waals surface area contributed by atoms with Gasteiger partial charge in [-0.1, -0.05) is 36.6 Å². The minimum Gasteiger partial charge on any atom is -0.456 e. The number of nitrogens with zero attached hydrogens (tertiary/aromatic N) is 3. The van der Waals surface area contributed by atoms with Crippen molar-refractivity contribution in [2.24, 2.45) is 0 Å². The van der Waals surface area contributed by atoms with E-state index in [1.807, 2.05) is 0 Å². The number of rotatable bonds is 6. The van der Waals surface area contributed by atoms with Gasteiger partial charge in [0.25, 0.3) is 11.5 Å². The van der Waals surface area contributed by atoms with Crippen LogP contribution in [0, 0.1) is 0 Å². The summed E-state index contributed by atoms with van der Waals surface area (Å²) >= 11 is 0. The maximum Gasteiger partial charge on any atom is 0.321 e. The maximum absolute atomic E-state index is 12.3. The molecule has 0 bridgehead atoms. The van der Waals surface area contributed by atoms with Gasteiger partial charge in [-0.15, -0.1) is 5.10 Å². The van der Waals surface area contributed by atoms with E-state index in [0.717, 1.165) is 36.8 Å². The van der Waals surface area contributed by atoms with Crippen molar-refractivity contribution >= 4 is 28.8 Å². The standard InChI is InChI=1S/C19H23N5O5/c25-16(21-19(28)20-13-6-2-1-3-7-13)12-29-17(26)10-11-24-18(27)14-8-4-5-9-15(14)22-23-24/h4-5,8-9,13H,1-3,6-7,10-12H2,(H2,20,21,25,28). The van der Waals surface area contributed by atoms with E-state index in [1.165, 1.54) is 0 Å². The molecule has 154 valence electrons. The summed E-state index contributed by atoms with van der Waals surface area (Å²) in [5.74, 6) is -1.40. The Morgan fingerprint density at radius 2 is 1.90 bits per heavy atom. The summed E-state index contributed by atoms with van der Waals surface area (Å²) < 4.78 is 5.92. The van der Waals surface area contributed by atoms with E-state index in [9.17, 15) is 19.2 Å². The van der Waals surface area contributed by atoms with E-state index in [1.54, 1.807) is 24.3 Å². The number of hydrogen-bond acceptors (Lipinski definition) is 7. The second-order valence-corrected chi connectivity index (χ2v) is 6.90. The van der Waals surface area contributed by atoms with Gasteiger partial charge in [-0.2, -0.15) is 0 Å². The Balaban J connectivity index is 1.40. The highest BCUT2D eigenvalue weighted by atomic mass is 16.5. The molecule has 1 aromatic heterocycles. The zero-order valence-electron chi connectivity index (χ0n) is 15.9. The molecule has 1 fully saturated rings. The van der Waals surface area contributed by atoms with Gasteiger partial charge in [0.05, 0.1) is 18.4 Å². The largest absolute Gasteiger partial charge is 0.456 e. The number of carbonyl (C=O) groups is 3.